The van der Waals surface area contributed by atoms with Crippen molar-refractivity contribution in [2.45, 2.75) is 31.4 Å². The standard InChI is InChI=1S/C10H16N2O3/c1-11-5-6-12(10(15)9(11)14)7-3-2-4-8(7)13/h7-8,13H,2-6H2,1H3/t7-,8-/m0/s1. The van der Waals surface area contributed by atoms with E-state index < -0.39 is 17.9 Å². The minimum atomic E-state index is -0.463. The lowest BCUT2D eigenvalue weighted by Gasteiger charge is -2.36. The molecule has 2 atom stereocenters. The van der Waals surface area contributed by atoms with Gasteiger partial charge in [0.25, 0.3) is 0 Å². The largest absolute Gasteiger partial charge is 0.391 e. The van der Waals surface area contributed by atoms with E-state index in [9.17, 15) is 14.7 Å². The molecule has 84 valence electrons. The summed E-state index contributed by atoms with van der Waals surface area (Å²) >= 11 is 0. The van der Waals surface area contributed by atoms with Crippen LogP contribution >= 0.6 is 0 Å². The fraction of sp³-hybridized carbons (Fsp3) is 0.800. The molecule has 2 fully saturated rings. The van der Waals surface area contributed by atoms with Crippen molar-refractivity contribution >= 4 is 11.8 Å². The first-order valence-electron chi connectivity index (χ1n) is 5.35. The van der Waals surface area contributed by atoms with Gasteiger partial charge in [-0.25, -0.2) is 0 Å². The third-order valence-electron chi connectivity index (χ3n) is 3.31. The van der Waals surface area contributed by atoms with Crippen LogP contribution in [0.15, 0.2) is 0 Å². The predicted molar refractivity (Wildman–Crippen MR) is 53.0 cm³/mol. The van der Waals surface area contributed by atoms with E-state index in [2.05, 4.69) is 0 Å². The van der Waals surface area contributed by atoms with Gasteiger partial charge in [-0.1, -0.05) is 0 Å². The average Bonchev–Trinajstić information content (AvgIpc) is 2.62. The first kappa shape index (κ1) is 10.4. The Morgan fingerprint density at radius 2 is 1.93 bits per heavy atom. The number of amides is 2. The molecule has 1 saturated carbocycles. The van der Waals surface area contributed by atoms with Crippen LogP contribution in [0.1, 0.15) is 19.3 Å². The highest BCUT2D eigenvalue weighted by Gasteiger charge is 2.39. The summed E-state index contributed by atoms with van der Waals surface area (Å²) in [5.41, 5.74) is 0. The molecule has 15 heavy (non-hydrogen) atoms. The second-order valence-electron chi connectivity index (χ2n) is 4.29. The SMILES string of the molecule is CN1CCN([C@H]2CCC[C@@H]2O)C(=O)C1=O. The smallest absolute Gasteiger partial charge is 0.312 e. The molecule has 1 saturated heterocycles. The minimum absolute atomic E-state index is 0.143. The quantitative estimate of drug-likeness (QED) is 0.579. The Kier molecular flexibility index (Phi) is 2.65. The number of nitrogens with zero attached hydrogens (tertiary/aromatic N) is 2. The lowest BCUT2D eigenvalue weighted by atomic mass is 10.1. The number of aliphatic hydroxyl groups is 1. The molecule has 0 radical (unpaired) electrons. The summed E-state index contributed by atoms with van der Waals surface area (Å²) in [6.45, 7) is 1.11. The van der Waals surface area contributed by atoms with Crippen LogP contribution in [0.4, 0.5) is 0 Å². The van der Waals surface area contributed by atoms with Crippen molar-refractivity contribution in [1.29, 1.82) is 0 Å². The minimum Gasteiger partial charge on any atom is -0.391 e. The molecule has 5 nitrogen and oxygen atoms in total. The second kappa shape index (κ2) is 3.81. The van der Waals surface area contributed by atoms with Crippen LogP contribution in [-0.2, 0) is 9.59 Å². The molecule has 0 aromatic carbocycles. The van der Waals surface area contributed by atoms with Gasteiger partial charge in [0.15, 0.2) is 0 Å². The zero-order chi connectivity index (χ0) is 11.0. The summed E-state index contributed by atoms with van der Waals surface area (Å²) in [7, 11) is 1.63. The molecule has 5 heteroatoms. The summed E-state index contributed by atoms with van der Waals surface area (Å²) in [6.07, 6.45) is 2.02. The van der Waals surface area contributed by atoms with Crippen LogP contribution in [-0.4, -0.2) is 59.0 Å². The van der Waals surface area contributed by atoms with Crippen molar-refractivity contribution in [2.24, 2.45) is 0 Å². The lowest BCUT2D eigenvalue weighted by Crippen LogP contribution is -2.57. The monoisotopic (exact) mass is 212 g/mol. The molecule has 0 aromatic rings. The fourth-order valence-corrected chi connectivity index (χ4v) is 2.35. The van der Waals surface area contributed by atoms with Crippen LogP contribution in [0.2, 0.25) is 0 Å². The van der Waals surface area contributed by atoms with E-state index in [4.69, 9.17) is 0 Å². The van der Waals surface area contributed by atoms with E-state index in [0.717, 1.165) is 19.3 Å². The Balaban J connectivity index is 2.10. The van der Waals surface area contributed by atoms with E-state index in [1.54, 1.807) is 11.9 Å². The fourth-order valence-electron chi connectivity index (χ4n) is 2.35. The number of rotatable bonds is 1. The van der Waals surface area contributed by atoms with Crippen LogP contribution in [0, 0.1) is 0 Å². The summed E-state index contributed by atoms with van der Waals surface area (Å²) in [5.74, 6) is -0.921. The van der Waals surface area contributed by atoms with Gasteiger partial charge in [0.2, 0.25) is 0 Å². The molecule has 2 amide bonds. The summed E-state index contributed by atoms with van der Waals surface area (Å²) in [4.78, 5) is 26.1. The maximum Gasteiger partial charge on any atom is 0.312 e. The van der Waals surface area contributed by atoms with Crippen molar-refractivity contribution in [3.63, 3.8) is 0 Å². The number of carbonyl (C=O) groups excluding carboxylic acids is 2. The Morgan fingerprint density at radius 1 is 1.20 bits per heavy atom. The van der Waals surface area contributed by atoms with E-state index in [1.807, 2.05) is 0 Å². The maximum absolute atomic E-state index is 11.7. The third kappa shape index (κ3) is 1.71. The van der Waals surface area contributed by atoms with Gasteiger partial charge in [-0.3, -0.25) is 9.59 Å². The van der Waals surface area contributed by atoms with Crippen molar-refractivity contribution < 1.29 is 14.7 Å². The molecule has 0 unspecified atom stereocenters. The topological polar surface area (TPSA) is 60.9 Å². The number of hydrogen-bond acceptors (Lipinski definition) is 3. The highest BCUT2D eigenvalue weighted by Crippen LogP contribution is 2.25. The normalized spacial score (nSPS) is 32.7. The zero-order valence-electron chi connectivity index (χ0n) is 8.85. The second-order valence-corrected chi connectivity index (χ2v) is 4.29. The van der Waals surface area contributed by atoms with Gasteiger partial charge in [0.05, 0.1) is 12.1 Å². The zero-order valence-corrected chi connectivity index (χ0v) is 8.85. The maximum atomic E-state index is 11.7. The molecule has 1 heterocycles. The number of carbonyl (C=O) groups is 2. The molecule has 2 aliphatic rings. The molecule has 2 rings (SSSR count). The number of likely N-dealkylation sites (N-methyl/N-ethyl adjacent to an activating group) is 1. The number of aliphatic hydroxyl groups excluding tert-OH is 1. The lowest BCUT2D eigenvalue weighted by molar-refractivity contribution is -0.158. The third-order valence-corrected chi connectivity index (χ3v) is 3.31. The van der Waals surface area contributed by atoms with E-state index in [0.29, 0.717) is 13.1 Å². The Morgan fingerprint density at radius 3 is 2.53 bits per heavy atom. The van der Waals surface area contributed by atoms with Crippen molar-refractivity contribution in [3.05, 3.63) is 0 Å². The molecule has 0 aromatic heterocycles. The van der Waals surface area contributed by atoms with Gasteiger partial charge >= 0.3 is 11.8 Å². The molecule has 0 spiro atoms. The highest BCUT2D eigenvalue weighted by atomic mass is 16.3. The van der Waals surface area contributed by atoms with Gasteiger partial charge in [-0.15, -0.1) is 0 Å². The van der Waals surface area contributed by atoms with Gasteiger partial charge < -0.3 is 14.9 Å². The molecule has 1 aliphatic carbocycles. The Labute approximate surface area is 88.6 Å². The van der Waals surface area contributed by atoms with E-state index >= 15 is 0 Å². The number of hydrogen-bond donors (Lipinski definition) is 1. The van der Waals surface area contributed by atoms with Crippen LogP contribution in [0.25, 0.3) is 0 Å². The summed E-state index contributed by atoms with van der Waals surface area (Å²) in [5, 5.41) is 9.69. The molecule has 1 aliphatic heterocycles. The average molecular weight is 212 g/mol. The van der Waals surface area contributed by atoms with Gasteiger partial charge in [-0.2, -0.15) is 0 Å². The van der Waals surface area contributed by atoms with Crippen LogP contribution in [0.5, 0.6) is 0 Å². The predicted octanol–water partition coefficient (Wildman–Crippen LogP) is -0.800. The Hall–Kier alpha value is -1.10. The van der Waals surface area contributed by atoms with E-state index in [-0.39, 0.29) is 6.04 Å². The molecular formula is C10H16N2O3. The Bertz CT molecular complexity index is 292. The van der Waals surface area contributed by atoms with Crippen molar-refractivity contribution in [1.82, 2.24) is 9.80 Å². The van der Waals surface area contributed by atoms with Crippen molar-refractivity contribution in [3.8, 4) is 0 Å². The van der Waals surface area contributed by atoms with Gasteiger partial charge in [-0.05, 0) is 19.3 Å². The van der Waals surface area contributed by atoms with Crippen LogP contribution < -0.4 is 0 Å². The summed E-state index contributed by atoms with van der Waals surface area (Å²) < 4.78 is 0. The van der Waals surface area contributed by atoms with Crippen molar-refractivity contribution in [2.75, 3.05) is 20.1 Å². The molecular weight excluding hydrogens is 196 g/mol. The highest BCUT2D eigenvalue weighted by molar-refractivity contribution is 6.35. The van der Waals surface area contributed by atoms with E-state index in [1.165, 1.54) is 4.90 Å². The first-order chi connectivity index (χ1) is 7.11. The molecule has 1 N–H and O–H groups in total. The van der Waals surface area contributed by atoms with Crippen LogP contribution in [0.3, 0.4) is 0 Å². The summed E-state index contributed by atoms with van der Waals surface area (Å²) in [6, 6.07) is -0.143. The number of piperazine rings is 1. The van der Waals surface area contributed by atoms with Gasteiger partial charge in [0.1, 0.15) is 0 Å². The molecule has 0 bridgehead atoms. The first-order valence-corrected chi connectivity index (χ1v) is 5.35. The van der Waals surface area contributed by atoms with Gasteiger partial charge in [0, 0.05) is 20.1 Å².